The molecule has 3 N–H and O–H groups in total. The molecule has 6 heteroatoms. The van der Waals surface area contributed by atoms with Crippen molar-refractivity contribution in [3.63, 3.8) is 0 Å². The van der Waals surface area contributed by atoms with Crippen LogP contribution in [0.1, 0.15) is 5.56 Å². The summed E-state index contributed by atoms with van der Waals surface area (Å²) in [5.41, 5.74) is 4.83. The number of rotatable bonds is 4. The maximum atomic E-state index is 9.86. The third-order valence-electron chi connectivity index (χ3n) is 5.04. The van der Waals surface area contributed by atoms with Crippen LogP contribution in [0.5, 0.6) is 0 Å². The van der Waals surface area contributed by atoms with E-state index in [2.05, 4.69) is 17.1 Å². The number of fused-ring (bicyclic) bond motifs is 1. The lowest BCUT2D eigenvalue weighted by atomic mass is 9.93. The zero-order chi connectivity index (χ0) is 16.0. The Morgan fingerprint density at radius 1 is 1.18 bits per heavy atom. The highest BCUT2D eigenvalue weighted by Crippen LogP contribution is 2.74. The lowest BCUT2D eigenvalue weighted by Crippen LogP contribution is -2.90. The van der Waals surface area contributed by atoms with Gasteiger partial charge in [0.1, 0.15) is 0 Å². The molecule has 1 aliphatic carbocycles. The number of nitriles is 2. The number of methoxy groups -OCH3 is 2. The van der Waals surface area contributed by atoms with Crippen molar-refractivity contribution in [1.82, 2.24) is 0 Å². The van der Waals surface area contributed by atoms with Gasteiger partial charge in [-0.05, 0) is 12.0 Å². The number of amidine groups is 1. The molecule has 2 aliphatic rings. The predicted octanol–water partition coefficient (Wildman–Crippen LogP) is -0.723. The van der Waals surface area contributed by atoms with E-state index in [0.29, 0.717) is 6.42 Å². The smallest absolute Gasteiger partial charge is 0.317 e. The Bertz CT molecular complexity index is 714. The first-order chi connectivity index (χ1) is 10.6. The first-order valence-electron chi connectivity index (χ1n) is 6.96. The van der Waals surface area contributed by atoms with Gasteiger partial charge in [0.2, 0.25) is 0 Å². The molecule has 0 aromatic heterocycles. The van der Waals surface area contributed by atoms with Crippen molar-refractivity contribution >= 4 is 5.84 Å². The number of nitrogens with two attached hydrogens (primary N) is 1. The maximum absolute atomic E-state index is 9.86. The van der Waals surface area contributed by atoms with Crippen LogP contribution in [0, 0.1) is 39.4 Å². The summed E-state index contributed by atoms with van der Waals surface area (Å²) in [6.45, 7) is 0. The van der Waals surface area contributed by atoms with Crippen molar-refractivity contribution in [1.29, 1.82) is 10.5 Å². The number of hydrogen-bond donors (Lipinski definition) is 2. The van der Waals surface area contributed by atoms with Gasteiger partial charge in [-0.1, -0.05) is 30.3 Å². The van der Waals surface area contributed by atoms with Gasteiger partial charge in [-0.25, -0.2) is 4.99 Å². The minimum atomic E-state index is -1.40. The van der Waals surface area contributed by atoms with Crippen LogP contribution in [-0.4, -0.2) is 26.0 Å². The number of nitrogens with one attached hydrogen (secondary N) is 1. The van der Waals surface area contributed by atoms with Crippen LogP contribution in [0.4, 0.5) is 0 Å². The van der Waals surface area contributed by atoms with E-state index in [1.54, 1.807) is 0 Å². The number of ether oxygens (including phenoxy) is 2. The average molecular weight is 297 g/mol. The molecule has 1 saturated carbocycles. The van der Waals surface area contributed by atoms with E-state index in [1.807, 2.05) is 30.3 Å². The van der Waals surface area contributed by atoms with Crippen LogP contribution < -0.4 is 10.7 Å². The van der Waals surface area contributed by atoms with Crippen molar-refractivity contribution in [3.05, 3.63) is 35.9 Å². The van der Waals surface area contributed by atoms with E-state index in [1.165, 1.54) is 14.2 Å². The summed E-state index contributed by atoms with van der Waals surface area (Å²) in [4.78, 5) is 2.87. The molecule has 1 heterocycles. The Hall–Kier alpha value is -2.41. The molecule has 22 heavy (non-hydrogen) atoms. The first kappa shape index (κ1) is 14.5. The molecule has 0 amide bonds. The number of hydrogen-bond acceptors (Lipinski definition) is 5. The van der Waals surface area contributed by atoms with Gasteiger partial charge in [-0.3, -0.25) is 5.73 Å². The second kappa shape index (κ2) is 4.54. The molecule has 1 aromatic carbocycles. The normalized spacial score (nSPS) is 34.2. The van der Waals surface area contributed by atoms with Crippen molar-refractivity contribution < 1.29 is 14.5 Å². The van der Waals surface area contributed by atoms with Crippen LogP contribution in [-0.2, 0) is 15.9 Å². The Balaban J connectivity index is 2.09. The highest BCUT2D eigenvalue weighted by atomic mass is 16.7. The van der Waals surface area contributed by atoms with E-state index >= 15 is 0 Å². The van der Waals surface area contributed by atoms with Gasteiger partial charge in [0.25, 0.3) is 5.84 Å². The molecule has 0 saturated heterocycles. The molecular weight excluding hydrogens is 280 g/mol. The quantitative estimate of drug-likeness (QED) is 0.713. The van der Waals surface area contributed by atoms with Crippen molar-refractivity contribution in [2.75, 3.05) is 14.2 Å². The van der Waals surface area contributed by atoms with E-state index in [-0.39, 0.29) is 11.8 Å². The Morgan fingerprint density at radius 3 is 2.32 bits per heavy atom. The van der Waals surface area contributed by atoms with E-state index < -0.39 is 16.7 Å². The summed E-state index contributed by atoms with van der Waals surface area (Å²) < 4.78 is 10.9. The fourth-order valence-electron chi connectivity index (χ4n) is 3.94. The molecule has 3 rings (SSSR count). The average Bonchev–Trinajstić information content (AvgIpc) is 3.08. The summed E-state index contributed by atoms with van der Waals surface area (Å²) >= 11 is 0. The maximum Gasteiger partial charge on any atom is 0.342 e. The first-order valence-corrected chi connectivity index (χ1v) is 6.96. The zero-order valence-corrected chi connectivity index (χ0v) is 12.5. The molecule has 0 spiro atoms. The van der Waals surface area contributed by atoms with Gasteiger partial charge in [-0.2, -0.15) is 10.5 Å². The van der Waals surface area contributed by atoms with Crippen molar-refractivity contribution in [3.8, 4) is 12.1 Å². The third-order valence-corrected chi connectivity index (χ3v) is 5.04. The standard InChI is InChI=1S/C16H16N4O2/c1-21-16(22-2)15(10-18)12(8-11-6-4-3-5-7-11)14(15,9-17)13(19)20-16/h3-7,12H,8H2,1-2H3,(H2,19,20)/p+1/t12-,14+,15+/m0/s1. The summed E-state index contributed by atoms with van der Waals surface area (Å²) in [7, 11) is 2.88. The monoisotopic (exact) mass is 297 g/mol. The topological polar surface area (TPSA) is 106 Å². The number of benzene rings is 1. The summed E-state index contributed by atoms with van der Waals surface area (Å²) in [5, 5.41) is 19.6. The molecule has 112 valence electrons. The molecule has 1 fully saturated rings. The van der Waals surface area contributed by atoms with Gasteiger partial charge in [0.05, 0.1) is 12.1 Å². The van der Waals surface area contributed by atoms with Crippen LogP contribution in [0.15, 0.2) is 30.3 Å². The Morgan fingerprint density at radius 2 is 1.82 bits per heavy atom. The largest absolute Gasteiger partial charge is 0.342 e. The van der Waals surface area contributed by atoms with Crippen molar-refractivity contribution in [2.24, 2.45) is 22.5 Å². The van der Waals surface area contributed by atoms with Crippen molar-refractivity contribution in [2.45, 2.75) is 12.3 Å². The number of nitrogens with zero attached hydrogens (tertiary/aromatic N) is 2. The Kier molecular flexibility index (Phi) is 3.00. The molecule has 0 bridgehead atoms. The highest BCUT2D eigenvalue weighted by molar-refractivity contribution is 5.93. The molecule has 3 atom stereocenters. The van der Waals surface area contributed by atoms with Gasteiger partial charge >= 0.3 is 5.91 Å². The highest BCUT2D eigenvalue weighted by Gasteiger charge is 2.96. The molecule has 1 aliphatic heterocycles. The van der Waals surface area contributed by atoms with E-state index in [9.17, 15) is 10.5 Å². The SMILES string of the molecule is COC1(OC)[NH+]=C(N)[C@@]2(C#N)[C@H](Cc3ccccc3)[C@@]12C#N. The second-order valence-corrected chi connectivity index (χ2v) is 5.65. The zero-order valence-electron chi connectivity index (χ0n) is 12.5. The Labute approximate surface area is 128 Å². The minimum Gasteiger partial charge on any atom is -0.317 e. The van der Waals surface area contributed by atoms with Gasteiger partial charge in [0.15, 0.2) is 10.8 Å². The summed E-state index contributed by atoms with van der Waals surface area (Å²) in [6, 6.07) is 14.2. The van der Waals surface area contributed by atoms with Crippen LogP contribution in [0.3, 0.4) is 0 Å². The lowest BCUT2D eigenvalue weighted by Gasteiger charge is -2.26. The summed E-state index contributed by atoms with van der Waals surface area (Å²) in [5.74, 6) is -1.46. The molecule has 0 radical (unpaired) electrons. The van der Waals surface area contributed by atoms with Gasteiger partial charge in [-0.15, -0.1) is 0 Å². The summed E-state index contributed by atoms with van der Waals surface area (Å²) in [6.07, 6.45) is 0.554. The third kappa shape index (κ3) is 1.32. The predicted molar refractivity (Wildman–Crippen MR) is 76.6 cm³/mol. The lowest BCUT2D eigenvalue weighted by molar-refractivity contribution is -0.688. The van der Waals surface area contributed by atoms with Crippen LogP contribution in [0.25, 0.3) is 0 Å². The second-order valence-electron chi connectivity index (χ2n) is 5.65. The van der Waals surface area contributed by atoms with E-state index in [4.69, 9.17) is 15.2 Å². The fourth-order valence-corrected chi connectivity index (χ4v) is 3.94. The molecule has 6 nitrogen and oxygen atoms in total. The minimum absolute atomic E-state index is 0.237. The molecule has 1 aromatic rings. The van der Waals surface area contributed by atoms with E-state index in [0.717, 1.165) is 5.56 Å². The van der Waals surface area contributed by atoms with Gasteiger partial charge in [0, 0.05) is 20.1 Å². The molecule has 0 unspecified atom stereocenters. The molecular formula is C16H17N4O2+. The van der Waals surface area contributed by atoms with Gasteiger partial charge < -0.3 is 9.47 Å². The van der Waals surface area contributed by atoms with Crippen LogP contribution in [0.2, 0.25) is 0 Å². The fraction of sp³-hybridized carbons (Fsp3) is 0.438. The van der Waals surface area contributed by atoms with Crippen LogP contribution >= 0.6 is 0 Å².